The van der Waals surface area contributed by atoms with Crippen LogP contribution in [0.2, 0.25) is 0 Å². The highest BCUT2D eigenvalue weighted by Crippen LogP contribution is 2.39. The van der Waals surface area contributed by atoms with Crippen LogP contribution in [0, 0.1) is 11.7 Å². The standard InChI is InChI=1S/C57H56N4O/c1-55(2,3)37-39-27-28-58-53(31-39)61-51-24-14-13-21-49(51)50-26-25-46(36-52(50)61)62-45-20-15-19-44(35-45)59-29-30-60(38-59)54-47(40-17-11-10-12-18-40)22-16-23-48(54)41-32-42(56(4,5)6)34-43(33-41)57(7,8)9/h10-36H,37H2,1-9H3/i10D,11D,12D,17D,18D. The molecule has 5 nitrogen and oxygen atoms in total. The van der Waals surface area contributed by atoms with E-state index in [4.69, 9.17) is 16.6 Å². The molecule has 0 atom stereocenters. The minimum Gasteiger partial charge on any atom is -0.458 e. The zero-order chi connectivity index (χ0) is 47.7. The van der Waals surface area contributed by atoms with Crippen molar-refractivity contribution in [3.63, 3.8) is 0 Å². The van der Waals surface area contributed by atoms with E-state index in [0.717, 1.165) is 50.9 Å². The average molecular weight is 818 g/mol. The number of aromatic nitrogens is 4. The molecule has 9 rings (SSSR count). The van der Waals surface area contributed by atoms with Gasteiger partial charge in [0.05, 0.1) is 29.3 Å². The molecular weight excluding hydrogens is 757 g/mol. The quantitative estimate of drug-likeness (QED) is 0.113. The largest absolute Gasteiger partial charge is 0.458 e. The van der Waals surface area contributed by atoms with Crippen molar-refractivity contribution in [1.29, 1.82) is 0 Å². The number of benzene rings is 6. The minimum atomic E-state index is -0.433. The maximum atomic E-state index is 9.04. The summed E-state index contributed by atoms with van der Waals surface area (Å²) >= 11 is 0. The molecular formula is C57H56N4O. The van der Waals surface area contributed by atoms with Gasteiger partial charge in [0.1, 0.15) is 17.3 Å². The lowest BCUT2D eigenvalue weighted by atomic mass is 9.78. The van der Waals surface area contributed by atoms with Gasteiger partial charge in [-0.25, -0.2) is 4.98 Å². The van der Waals surface area contributed by atoms with Crippen molar-refractivity contribution >= 4 is 21.8 Å². The fraction of sp³-hybridized carbons (Fsp3) is 0.228. The van der Waals surface area contributed by atoms with Gasteiger partial charge >= 0.3 is 0 Å². The van der Waals surface area contributed by atoms with E-state index in [1.54, 1.807) is 0 Å². The molecule has 0 aliphatic carbocycles. The van der Waals surface area contributed by atoms with E-state index in [2.05, 4.69) is 140 Å². The highest BCUT2D eigenvalue weighted by atomic mass is 16.5. The van der Waals surface area contributed by atoms with Gasteiger partial charge < -0.3 is 4.74 Å². The summed E-state index contributed by atoms with van der Waals surface area (Å²) in [5.41, 5.74) is 9.28. The molecule has 310 valence electrons. The summed E-state index contributed by atoms with van der Waals surface area (Å²) in [6, 6.07) is 37.4. The van der Waals surface area contributed by atoms with Gasteiger partial charge in [0.15, 0.2) is 0 Å². The molecule has 5 heteroatoms. The second-order valence-corrected chi connectivity index (χ2v) is 19.5. The Hall–Kier alpha value is -6.72. The lowest BCUT2D eigenvalue weighted by molar-refractivity contribution is -0.598. The van der Waals surface area contributed by atoms with Gasteiger partial charge in [-0.3, -0.25) is 13.7 Å². The van der Waals surface area contributed by atoms with Crippen LogP contribution in [0.3, 0.4) is 0 Å². The van der Waals surface area contributed by atoms with Crippen LogP contribution >= 0.6 is 0 Å². The predicted molar refractivity (Wildman–Crippen MR) is 256 cm³/mol. The van der Waals surface area contributed by atoms with E-state index in [-0.39, 0.29) is 46.0 Å². The van der Waals surface area contributed by atoms with E-state index < -0.39 is 6.04 Å². The van der Waals surface area contributed by atoms with Crippen LogP contribution < -0.4 is 9.30 Å². The van der Waals surface area contributed by atoms with E-state index >= 15 is 0 Å². The zero-order valence-electron chi connectivity index (χ0n) is 42.1. The Labute approximate surface area is 374 Å². The molecule has 0 aliphatic rings. The lowest BCUT2D eigenvalue weighted by Gasteiger charge is -2.27. The van der Waals surface area contributed by atoms with Crippen molar-refractivity contribution in [2.24, 2.45) is 5.41 Å². The summed E-state index contributed by atoms with van der Waals surface area (Å²) in [4.78, 5) is 4.86. The monoisotopic (exact) mass is 817 g/mol. The van der Waals surface area contributed by atoms with Gasteiger partial charge in [-0.1, -0.05) is 153 Å². The number of imidazole rings is 1. The fourth-order valence-electron chi connectivity index (χ4n) is 8.25. The van der Waals surface area contributed by atoms with Crippen molar-refractivity contribution in [3.8, 4) is 50.9 Å². The summed E-state index contributed by atoms with van der Waals surface area (Å²) in [7, 11) is 0. The van der Waals surface area contributed by atoms with Crippen LogP contribution in [0.15, 0.2) is 164 Å². The molecule has 0 aliphatic heterocycles. The summed E-state index contributed by atoms with van der Waals surface area (Å²) < 4.78 is 56.2. The maximum absolute atomic E-state index is 9.04. The molecule has 3 heterocycles. The van der Waals surface area contributed by atoms with Crippen LogP contribution in [0.25, 0.3) is 61.3 Å². The Morgan fingerprint density at radius 2 is 1.32 bits per heavy atom. The van der Waals surface area contributed by atoms with Crippen molar-refractivity contribution in [1.82, 2.24) is 14.1 Å². The predicted octanol–water partition coefficient (Wildman–Crippen LogP) is 14.4. The molecule has 6 aromatic carbocycles. The highest BCUT2D eigenvalue weighted by Gasteiger charge is 2.24. The molecule has 0 radical (unpaired) electrons. The van der Waals surface area contributed by atoms with Crippen molar-refractivity contribution in [3.05, 3.63) is 187 Å². The van der Waals surface area contributed by atoms with Gasteiger partial charge in [-0.05, 0) is 110 Å². The normalized spacial score (nSPS) is 13.5. The molecule has 0 spiro atoms. The topological polar surface area (TPSA) is 35.9 Å². The third-order valence-electron chi connectivity index (χ3n) is 11.4. The van der Waals surface area contributed by atoms with Crippen LogP contribution in [-0.4, -0.2) is 14.1 Å². The Morgan fingerprint density at radius 1 is 0.645 bits per heavy atom. The SMILES string of the molecule is [2H]c1c([2H])c([2H])c(-c2cccc(-c3cc(C(C)(C)C)cc(C(C)(C)C)c3)c2-[n+]2[c-]n(-c3cccc(Oc4ccc5c6ccccc6n(-c6cc(CC(C)(C)C)ccn6)c5c4)c3)cc2)c([2H])c1[2H]. The van der Waals surface area contributed by atoms with Gasteiger partial charge in [0.25, 0.3) is 6.33 Å². The number of hydrogen-bond donors (Lipinski definition) is 0. The van der Waals surface area contributed by atoms with E-state index in [0.29, 0.717) is 22.7 Å². The smallest absolute Gasteiger partial charge is 0.268 e. The van der Waals surface area contributed by atoms with Gasteiger partial charge in [0.2, 0.25) is 0 Å². The summed E-state index contributed by atoms with van der Waals surface area (Å²) in [5.74, 6) is 2.17. The summed E-state index contributed by atoms with van der Waals surface area (Å²) in [6.07, 6.45) is 10.1. The number of fused-ring (bicyclic) bond motifs is 3. The second-order valence-electron chi connectivity index (χ2n) is 19.5. The lowest BCUT2D eigenvalue weighted by Crippen LogP contribution is -2.30. The third kappa shape index (κ3) is 8.20. The van der Waals surface area contributed by atoms with Gasteiger partial charge in [0, 0.05) is 35.4 Å². The maximum Gasteiger partial charge on any atom is 0.268 e. The van der Waals surface area contributed by atoms with Crippen molar-refractivity contribution in [2.45, 2.75) is 79.6 Å². The minimum absolute atomic E-state index is 0.124. The van der Waals surface area contributed by atoms with E-state index in [9.17, 15) is 0 Å². The molecule has 0 bridgehead atoms. The highest BCUT2D eigenvalue weighted by molar-refractivity contribution is 6.09. The Balaban J connectivity index is 1.14. The molecule has 0 amide bonds. The fourth-order valence-corrected chi connectivity index (χ4v) is 8.25. The molecule has 0 saturated carbocycles. The van der Waals surface area contributed by atoms with Crippen molar-refractivity contribution in [2.75, 3.05) is 0 Å². The average Bonchev–Trinajstić information content (AvgIpc) is 3.90. The van der Waals surface area contributed by atoms with Crippen LogP contribution in [0.4, 0.5) is 0 Å². The van der Waals surface area contributed by atoms with Gasteiger partial charge in [-0.2, -0.15) is 0 Å². The summed E-state index contributed by atoms with van der Waals surface area (Å²) in [5, 5.41) is 2.24. The summed E-state index contributed by atoms with van der Waals surface area (Å²) in [6.45, 7) is 19.9. The van der Waals surface area contributed by atoms with Crippen LogP contribution in [0.1, 0.15) is 85.9 Å². The number of nitrogens with zero attached hydrogens (tertiary/aromatic N) is 4. The first-order chi connectivity index (χ1) is 31.7. The van der Waals surface area contributed by atoms with E-state index in [1.165, 1.54) is 16.7 Å². The number of pyridine rings is 1. The molecule has 3 aromatic heterocycles. The van der Waals surface area contributed by atoms with E-state index in [1.807, 2.05) is 76.3 Å². The molecule has 0 N–H and O–H groups in total. The molecule has 9 aromatic rings. The number of para-hydroxylation sites is 2. The number of hydrogen-bond acceptors (Lipinski definition) is 2. The molecule has 62 heavy (non-hydrogen) atoms. The Kier molecular flexibility index (Phi) is 8.81. The first kappa shape index (κ1) is 34.9. The molecule has 0 fully saturated rings. The second kappa shape index (κ2) is 15.6. The number of rotatable bonds is 8. The van der Waals surface area contributed by atoms with Gasteiger partial charge in [-0.15, -0.1) is 0 Å². The van der Waals surface area contributed by atoms with Crippen molar-refractivity contribution < 1.29 is 16.2 Å². The first-order valence-corrected chi connectivity index (χ1v) is 21.3. The van der Waals surface area contributed by atoms with Crippen LogP contribution in [0.5, 0.6) is 11.5 Å². The van der Waals surface area contributed by atoms with Crippen LogP contribution in [-0.2, 0) is 17.3 Å². The Bertz CT molecular complexity index is 3320. The third-order valence-corrected chi connectivity index (χ3v) is 11.4. The Morgan fingerprint density at radius 3 is 2.05 bits per heavy atom. The first-order valence-electron chi connectivity index (χ1n) is 23.8. The molecule has 0 unspecified atom stereocenters. The molecule has 0 saturated heterocycles. The number of ether oxygens (including phenoxy) is 1. The zero-order valence-corrected chi connectivity index (χ0v) is 37.1.